The number of benzene rings is 2. The summed E-state index contributed by atoms with van der Waals surface area (Å²) >= 11 is 0. The molecule has 5 nitrogen and oxygen atoms in total. The molecule has 3 aromatic rings. The van der Waals surface area contributed by atoms with Crippen molar-refractivity contribution < 1.29 is 5.11 Å². The Bertz CT molecular complexity index is 880. The highest BCUT2D eigenvalue weighted by Gasteiger charge is 2.20. The second kappa shape index (κ2) is 7.23. The van der Waals surface area contributed by atoms with Crippen molar-refractivity contribution in [1.29, 1.82) is 0 Å². The number of nitrogens with zero attached hydrogens (tertiary/aromatic N) is 4. The van der Waals surface area contributed by atoms with E-state index in [1.165, 1.54) is 16.9 Å². The number of aliphatic hydroxyl groups is 1. The normalized spacial score (nSPS) is 14.8. The molecule has 1 aromatic heterocycles. The van der Waals surface area contributed by atoms with E-state index >= 15 is 0 Å². The number of hydrogen-bond acceptors (Lipinski definition) is 5. The Morgan fingerprint density at radius 3 is 2.54 bits per heavy atom. The number of rotatable bonds is 3. The van der Waals surface area contributed by atoms with Gasteiger partial charge in [-0.25, -0.2) is 0 Å². The Kier molecular flexibility index (Phi) is 4.65. The van der Waals surface area contributed by atoms with Crippen LogP contribution in [0.3, 0.4) is 0 Å². The molecule has 1 aliphatic rings. The summed E-state index contributed by atoms with van der Waals surface area (Å²) in [5.41, 5.74) is 6.18. The molecule has 0 atom stereocenters. The first kappa shape index (κ1) is 16.7. The van der Waals surface area contributed by atoms with Gasteiger partial charge in [-0.15, -0.1) is 0 Å². The first-order chi connectivity index (χ1) is 12.7. The monoisotopic (exact) mass is 346 g/mol. The lowest BCUT2D eigenvalue weighted by Crippen LogP contribution is -2.26. The number of anilines is 2. The predicted molar refractivity (Wildman–Crippen MR) is 103 cm³/mol. The number of fused-ring (bicyclic) bond motifs is 1. The Balaban J connectivity index is 1.74. The molecular weight excluding hydrogens is 324 g/mol. The van der Waals surface area contributed by atoms with Crippen molar-refractivity contribution in [3.05, 3.63) is 71.9 Å². The highest BCUT2D eigenvalue weighted by atomic mass is 16.3. The third-order valence-corrected chi connectivity index (χ3v) is 4.76. The highest BCUT2D eigenvalue weighted by molar-refractivity contribution is 5.72. The van der Waals surface area contributed by atoms with Crippen molar-refractivity contribution in [2.75, 3.05) is 25.0 Å². The van der Waals surface area contributed by atoms with E-state index in [4.69, 9.17) is 5.11 Å². The minimum absolute atomic E-state index is 0.0890. The van der Waals surface area contributed by atoms with Crippen molar-refractivity contribution in [2.24, 2.45) is 0 Å². The molecule has 0 spiro atoms. The van der Waals surface area contributed by atoms with Gasteiger partial charge in [0.2, 0.25) is 0 Å². The summed E-state index contributed by atoms with van der Waals surface area (Å²) in [5.74, 6) is 0. The summed E-state index contributed by atoms with van der Waals surface area (Å²) in [6.07, 6.45) is 0. The minimum Gasteiger partial charge on any atom is -0.390 e. The fourth-order valence-corrected chi connectivity index (χ4v) is 3.37. The van der Waals surface area contributed by atoms with E-state index in [0.717, 1.165) is 30.9 Å². The average molecular weight is 346 g/mol. The second-order valence-electron chi connectivity index (χ2n) is 6.64. The summed E-state index contributed by atoms with van der Waals surface area (Å²) in [6.45, 7) is 2.77. The maximum atomic E-state index is 9.14. The Hall–Kier alpha value is -2.76. The molecular formula is C21H22N4O. The summed E-state index contributed by atoms with van der Waals surface area (Å²) in [7, 11) is 2.15. The number of hydrogen-bond donors (Lipinski definition) is 1. The first-order valence-corrected chi connectivity index (χ1v) is 8.82. The molecule has 5 heteroatoms. The number of aliphatic hydroxyl groups excluding tert-OH is 1. The SMILES string of the molecule is CN1CCN(c2ccccc2)c2ccc(-c3ccc(CO)nn3)cc2C1. The lowest BCUT2D eigenvalue weighted by molar-refractivity contribution is 0.275. The molecule has 0 aliphatic carbocycles. The molecule has 2 aromatic carbocycles. The zero-order chi connectivity index (χ0) is 17.9. The van der Waals surface area contributed by atoms with Gasteiger partial charge >= 0.3 is 0 Å². The topological polar surface area (TPSA) is 52.5 Å². The molecule has 0 radical (unpaired) electrons. The molecule has 0 saturated carbocycles. The van der Waals surface area contributed by atoms with Crippen molar-refractivity contribution in [3.63, 3.8) is 0 Å². The molecule has 26 heavy (non-hydrogen) atoms. The van der Waals surface area contributed by atoms with Gasteiger partial charge in [0.15, 0.2) is 0 Å². The molecule has 0 bridgehead atoms. The fraction of sp³-hybridized carbons (Fsp3) is 0.238. The van der Waals surface area contributed by atoms with Crippen LogP contribution in [0.15, 0.2) is 60.7 Å². The summed E-state index contributed by atoms with van der Waals surface area (Å²) in [4.78, 5) is 4.72. The second-order valence-corrected chi connectivity index (χ2v) is 6.64. The lowest BCUT2D eigenvalue weighted by atomic mass is 10.0. The molecule has 1 aliphatic heterocycles. The van der Waals surface area contributed by atoms with Crippen LogP contribution in [0.2, 0.25) is 0 Å². The van der Waals surface area contributed by atoms with Crippen LogP contribution in [-0.2, 0) is 13.2 Å². The minimum atomic E-state index is -0.0890. The molecule has 132 valence electrons. The predicted octanol–water partition coefficient (Wildman–Crippen LogP) is 3.22. The lowest BCUT2D eigenvalue weighted by Gasteiger charge is -2.25. The zero-order valence-electron chi connectivity index (χ0n) is 14.8. The van der Waals surface area contributed by atoms with E-state index in [2.05, 4.69) is 69.5 Å². The van der Waals surface area contributed by atoms with Gasteiger partial charge in [-0.05, 0) is 49.0 Å². The molecule has 0 saturated heterocycles. The summed E-state index contributed by atoms with van der Waals surface area (Å²) < 4.78 is 0. The largest absolute Gasteiger partial charge is 0.390 e. The van der Waals surface area contributed by atoms with Gasteiger partial charge in [-0.2, -0.15) is 10.2 Å². The van der Waals surface area contributed by atoms with Gasteiger partial charge in [0.05, 0.1) is 18.0 Å². The Morgan fingerprint density at radius 1 is 0.962 bits per heavy atom. The molecule has 0 fully saturated rings. The van der Waals surface area contributed by atoms with Crippen LogP contribution in [0.5, 0.6) is 0 Å². The van der Waals surface area contributed by atoms with E-state index in [9.17, 15) is 0 Å². The average Bonchev–Trinajstić information content (AvgIpc) is 2.86. The number of likely N-dealkylation sites (N-methyl/N-ethyl adjacent to an activating group) is 1. The van der Waals surface area contributed by atoms with E-state index in [1.54, 1.807) is 0 Å². The maximum Gasteiger partial charge on any atom is 0.0930 e. The van der Waals surface area contributed by atoms with Gasteiger partial charge < -0.3 is 14.9 Å². The first-order valence-electron chi connectivity index (χ1n) is 8.82. The van der Waals surface area contributed by atoms with E-state index in [0.29, 0.717) is 5.69 Å². The van der Waals surface area contributed by atoms with Crippen molar-refractivity contribution in [2.45, 2.75) is 13.2 Å². The molecule has 2 heterocycles. The van der Waals surface area contributed by atoms with Crippen LogP contribution in [0, 0.1) is 0 Å². The third kappa shape index (κ3) is 3.31. The maximum absolute atomic E-state index is 9.14. The number of aromatic nitrogens is 2. The van der Waals surface area contributed by atoms with Crippen LogP contribution >= 0.6 is 0 Å². The van der Waals surface area contributed by atoms with E-state index in [1.807, 2.05) is 18.2 Å². The van der Waals surface area contributed by atoms with E-state index in [-0.39, 0.29) is 6.61 Å². The van der Waals surface area contributed by atoms with Crippen molar-refractivity contribution in [1.82, 2.24) is 15.1 Å². The molecule has 4 rings (SSSR count). The smallest absolute Gasteiger partial charge is 0.0930 e. The fourth-order valence-electron chi connectivity index (χ4n) is 3.37. The summed E-state index contributed by atoms with van der Waals surface area (Å²) in [6, 6.07) is 20.7. The summed E-state index contributed by atoms with van der Waals surface area (Å²) in [5, 5.41) is 17.5. The molecule has 1 N–H and O–H groups in total. The third-order valence-electron chi connectivity index (χ3n) is 4.76. The van der Waals surface area contributed by atoms with Gasteiger partial charge in [0, 0.05) is 36.6 Å². The standard InChI is InChI=1S/C21H22N4O/c1-24-11-12-25(19-5-3-2-4-6-19)21-10-7-16(13-17(21)14-24)20-9-8-18(15-26)22-23-20/h2-10,13,26H,11-12,14-15H2,1H3. The van der Waals surface area contributed by atoms with Gasteiger partial charge in [0.1, 0.15) is 0 Å². The zero-order valence-corrected chi connectivity index (χ0v) is 14.8. The van der Waals surface area contributed by atoms with Crippen LogP contribution < -0.4 is 4.90 Å². The van der Waals surface area contributed by atoms with Crippen LogP contribution in [0.4, 0.5) is 11.4 Å². The van der Waals surface area contributed by atoms with Crippen LogP contribution in [0.1, 0.15) is 11.3 Å². The Morgan fingerprint density at radius 2 is 1.81 bits per heavy atom. The van der Waals surface area contributed by atoms with Gasteiger partial charge in [-0.3, -0.25) is 0 Å². The van der Waals surface area contributed by atoms with E-state index < -0.39 is 0 Å². The van der Waals surface area contributed by atoms with Crippen LogP contribution in [-0.4, -0.2) is 40.3 Å². The van der Waals surface area contributed by atoms with Crippen molar-refractivity contribution in [3.8, 4) is 11.3 Å². The Labute approximate surface area is 153 Å². The quantitative estimate of drug-likeness (QED) is 0.789. The van der Waals surface area contributed by atoms with Crippen molar-refractivity contribution >= 4 is 11.4 Å². The van der Waals surface area contributed by atoms with Gasteiger partial charge in [0.25, 0.3) is 0 Å². The number of para-hydroxylation sites is 1. The molecule has 0 amide bonds. The molecule has 0 unspecified atom stereocenters. The van der Waals surface area contributed by atoms with Gasteiger partial charge in [-0.1, -0.05) is 24.3 Å². The van der Waals surface area contributed by atoms with Crippen LogP contribution in [0.25, 0.3) is 11.3 Å². The highest BCUT2D eigenvalue weighted by Crippen LogP contribution is 2.33.